The first kappa shape index (κ1) is 22.0. The van der Waals surface area contributed by atoms with Crippen molar-refractivity contribution in [1.29, 1.82) is 0 Å². The molecule has 0 fully saturated rings. The molecule has 0 radical (unpaired) electrons. The van der Waals surface area contributed by atoms with Gasteiger partial charge in [-0.3, -0.25) is 4.31 Å². The molecule has 28 heavy (non-hydrogen) atoms. The van der Waals surface area contributed by atoms with E-state index in [0.29, 0.717) is 12.1 Å². The van der Waals surface area contributed by atoms with Crippen LogP contribution in [0.3, 0.4) is 0 Å². The van der Waals surface area contributed by atoms with E-state index in [1.807, 2.05) is 0 Å². The number of benzene rings is 2. The van der Waals surface area contributed by atoms with Gasteiger partial charge in [0.05, 0.1) is 10.6 Å². The number of halogens is 6. The fourth-order valence-corrected chi connectivity index (χ4v) is 3.88. The standard InChI is InChI=1S/C17H15F6NO3S/c1-11-10-12(15(25,16(18,19)20)17(21,22)23)8-9-14(11)24(2)28(26,27)13-6-4-3-5-7-13/h3-10,25H,1-2H3. The van der Waals surface area contributed by atoms with Crippen molar-refractivity contribution < 1.29 is 39.9 Å². The molecular formula is C17H15F6NO3S. The highest BCUT2D eigenvalue weighted by molar-refractivity contribution is 7.92. The summed E-state index contributed by atoms with van der Waals surface area (Å²) in [5, 5.41) is 9.47. The van der Waals surface area contributed by atoms with E-state index in [9.17, 15) is 39.9 Å². The summed E-state index contributed by atoms with van der Waals surface area (Å²) in [7, 11) is -2.98. The molecule has 0 aliphatic carbocycles. The Bertz CT molecular complexity index is 941. The lowest BCUT2D eigenvalue weighted by molar-refractivity contribution is -0.376. The second kappa shape index (κ2) is 6.96. The summed E-state index contributed by atoms with van der Waals surface area (Å²) < 4.78 is 104. The number of hydrogen-bond donors (Lipinski definition) is 1. The average molecular weight is 427 g/mol. The summed E-state index contributed by atoms with van der Waals surface area (Å²) in [6.07, 6.45) is -12.1. The first-order chi connectivity index (χ1) is 12.6. The predicted octanol–water partition coefficient (Wildman–Crippen LogP) is 4.13. The third kappa shape index (κ3) is 3.55. The van der Waals surface area contributed by atoms with Crippen LogP contribution in [0, 0.1) is 6.92 Å². The zero-order valence-electron chi connectivity index (χ0n) is 14.5. The summed E-state index contributed by atoms with van der Waals surface area (Å²) >= 11 is 0. The summed E-state index contributed by atoms with van der Waals surface area (Å²) in [4.78, 5) is -0.108. The fourth-order valence-electron chi connectivity index (χ4n) is 2.60. The van der Waals surface area contributed by atoms with E-state index < -0.39 is 33.5 Å². The molecule has 4 nitrogen and oxygen atoms in total. The summed E-state index contributed by atoms with van der Waals surface area (Å²) in [6, 6.07) is 8.74. The van der Waals surface area contributed by atoms with Crippen molar-refractivity contribution in [3.05, 3.63) is 59.7 Å². The van der Waals surface area contributed by atoms with E-state index in [4.69, 9.17) is 0 Å². The van der Waals surface area contributed by atoms with Gasteiger partial charge in [0.25, 0.3) is 15.6 Å². The summed E-state index contributed by atoms with van der Waals surface area (Å²) in [5.74, 6) is 0. The van der Waals surface area contributed by atoms with E-state index in [1.165, 1.54) is 24.3 Å². The van der Waals surface area contributed by atoms with Gasteiger partial charge < -0.3 is 5.11 Å². The summed E-state index contributed by atoms with van der Waals surface area (Å²) in [5.41, 5.74) is -6.88. The third-order valence-electron chi connectivity index (χ3n) is 4.18. The van der Waals surface area contributed by atoms with Gasteiger partial charge >= 0.3 is 12.4 Å². The van der Waals surface area contributed by atoms with Crippen LogP contribution in [0.15, 0.2) is 53.4 Å². The molecule has 0 aromatic heterocycles. The van der Waals surface area contributed by atoms with Crippen LogP contribution in [-0.2, 0) is 15.6 Å². The zero-order valence-corrected chi connectivity index (χ0v) is 15.3. The number of aryl methyl sites for hydroxylation is 1. The van der Waals surface area contributed by atoms with Crippen LogP contribution in [0.4, 0.5) is 32.0 Å². The number of nitrogens with zero attached hydrogens (tertiary/aromatic N) is 1. The van der Waals surface area contributed by atoms with Crippen molar-refractivity contribution in [3.8, 4) is 0 Å². The Labute approximate surface area is 157 Å². The fraction of sp³-hybridized carbons (Fsp3) is 0.294. The Morgan fingerprint density at radius 2 is 1.39 bits per heavy atom. The minimum absolute atomic E-state index is 0.108. The second-order valence-electron chi connectivity index (χ2n) is 5.99. The van der Waals surface area contributed by atoms with Gasteiger partial charge in [-0.2, -0.15) is 26.3 Å². The molecule has 2 aromatic rings. The molecule has 0 atom stereocenters. The van der Waals surface area contributed by atoms with E-state index >= 15 is 0 Å². The van der Waals surface area contributed by atoms with Crippen molar-refractivity contribution in [2.24, 2.45) is 0 Å². The maximum atomic E-state index is 13.0. The lowest BCUT2D eigenvalue weighted by Crippen LogP contribution is -2.54. The molecule has 1 N–H and O–H groups in total. The van der Waals surface area contributed by atoms with Crippen molar-refractivity contribution in [2.45, 2.75) is 29.8 Å². The van der Waals surface area contributed by atoms with Crippen LogP contribution in [-0.4, -0.2) is 32.9 Å². The van der Waals surface area contributed by atoms with Crippen molar-refractivity contribution in [2.75, 3.05) is 11.4 Å². The van der Waals surface area contributed by atoms with Crippen molar-refractivity contribution >= 4 is 15.7 Å². The molecule has 0 unspecified atom stereocenters. The number of aliphatic hydroxyl groups is 1. The van der Waals surface area contributed by atoms with Crippen LogP contribution in [0.1, 0.15) is 11.1 Å². The third-order valence-corrected chi connectivity index (χ3v) is 5.96. The van der Waals surface area contributed by atoms with Gasteiger partial charge in [0.2, 0.25) is 0 Å². The molecule has 0 saturated carbocycles. The van der Waals surface area contributed by atoms with E-state index in [-0.39, 0.29) is 16.1 Å². The van der Waals surface area contributed by atoms with Gasteiger partial charge in [-0.15, -0.1) is 0 Å². The Morgan fingerprint density at radius 1 is 0.893 bits per heavy atom. The van der Waals surface area contributed by atoms with E-state index in [2.05, 4.69) is 0 Å². The van der Waals surface area contributed by atoms with Gasteiger partial charge in [-0.1, -0.05) is 30.3 Å². The summed E-state index contributed by atoms with van der Waals surface area (Å²) in [6.45, 7) is 1.14. The second-order valence-corrected chi connectivity index (χ2v) is 7.96. The van der Waals surface area contributed by atoms with Crippen molar-refractivity contribution in [3.63, 3.8) is 0 Å². The van der Waals surface area contributed by atoms with Gasteiger partial charge in [-0.25, -0.2) is 8.42 Å². The molecule has 0 bridgehead atoms. The van der Waals surface area contributed by atoms with Crippen LogP contribution in [0.5, 0.6) is 0 Å². The molecule has 2 aromatic carbocycles. The lowest BCUT2D eigenvalue weighted by Gasteiger charge is -2.33. The number of alkyl halides is 6. The van der Waals surface area contributed by atoms with Crippen LogP contribution in [0.2, 0.25) is 0 Å². The monoisotopic (exact) mass is 427 g/mol. The Morgan fingerprint density at radius 3 is 1.82 bits per heavy atom. The number of rotatable bonds is 4. The Kier molecular flexibility index (Phi) is 5.47. The largest absolute Gasteiger partial charge is 0.430 e. The molecule has 0 aliphatic heterocycles. The maximum Gasteiger partial charge on any atom is 0.430 e. The molecule has 0 amide bonds. The highest BCUT2D eigenvalue weighted by Gasteiger charge is 2.71. The van der Waals surface area contributed by atoms with E-state index in [0.717, 1.165) is 24.3 Å². The highest BCUT2D eigenvalue weighted by atomic mass is 32.2. The first-order valence-electron chi connectivity index (χ1n) is 7.65. The molecule has 2 rings (SSSR count). The average Bonchev–Trinajstić information content (AvgIpc) is 2.59. The topological polar surface area (TPSA) is 57.6 Å². The molecular weight excluding hydrogens is 412 g/mol. The lowest BCUT2D eigenvalue weighted by atomic mass is 9.90. The van der Waals surface area contributed by atoms with Crippen LogP contribution in [0.25, 0.3) is 0 Å². The van der Waals surface area contributed by atoms with Crippen molar-refractivity contribution in [1.82, 2.24) is 0 Å². The van der Waals surface area contributed by atoms with E-state index in [1.54, 1.807) is 6.07 Å². The van der Waals surface area contributed by atoms with Gasteiger partial charge in [0, 0.05) is 12.6 Å². The quantitative estimate of drug-likeness (QED) is 0.747. The highest BCUT2D eigenvalue weighted by Crippen LogP contribution is 2.50. The molecule has 154 valence electrons. The maximum absolute atomic E-state index is 13.0. The van der Waals surface area contributed by atoms with Gasteiger partial charge in [0.1, 0.15) is 0 Å². The van der Waals surface area contributed by atoms with Crippen LogP contribution >= 0.6 is 0 Å². The molecule has 11 heteroatoms. The molecule has 0 spiro atoms. The smallest absolute Gasteiger partial charge is 0.369 e. The number of anilines is 1. The van der Waals surface area contributed by atoms with Gasteiger partial charge in [0.15, 0.2) is 0 Å². The Balaban J connectivity index is 2.56. The molecule has 0 heterocycles. The number of hydrogen-bond acceptors (Lipinski definition) is 3. The first-order valence-corrected chi connectivity index (χ1v) is 9.09. The van der Waals surface area contributed by atoms with Crippen LogP contribution < -0.4 is 4.31 Å². The Hall–Kier alpha value is -2.27. The minimum Gasteiger partial charge on any atom is -0.369 e. The minimum atomic E-state index is -6.03. The SMILES string of the molecule is Cc1cc(C(O)(C(F)(F)F)C(F)(F)F)ccc1N(C)S(=O)(=O)c1ccccc1. The molecule has 0 saturated heterocycles. The zero-order chi connectivity index (χ0) is 21.5. The number of sulfonamides is 1. The predicted molar refractivity (Wildman–Crippen MR) is 89.2 cm³/mol. The van der Waals surface area contributed by atoms with Gasteiger partial charge in [-0.05, 0) is 30.7 Å². The molecule has 0 aliphatic rings. The normalized spacial score (nSPS) is 13.5.